The van der Waals surface area contributed by atoms with E-state index in [2.05, 4.69) is 10.3 Å². The molecule has 1 atom stereocenters. The van der Waals surface area contributed by atoms with E-state index in [1.165, 1.54) is 0 Å². The van der Waals surface area contributed by atoms with Gasteiger partial charge >= 0.3 is 0 Å². The fourth-order valence-corrected chi connectivity index (χ4v) is 0.807. The predicted molar refractivity (Wildman–Crippen MR) is 40.1 cm³/mol. The molecule has 4 heteroatoms. The Kier molecular flexibility index (Phi) is 2.62. The summed E-state index contributed by atoms with van der Waals surface area (Å²) in [6.45, 7) is 2.25. The van der Waals surface area contributed by atoms with E-state index >= 15 is 0 Å². The molecule has 0 bridgehead atoms. The summed E-state index contributed by atoms with van der Waals surface area (Å²) in [6.07, 6.45) is 0.947. The van der Waals surface area contributed by atoms with Crippen molar-refractivity contribution in [3.63, 3.8) is 0 Å². The molecule has 1 heterocycles. The molecule has 0 saturated heterocycles. The number of hydrogen-bond donors (Lipinski definition) is 2. The van der Waals surface area contributed by atoms with Gasteiger partial charge in [0, 0.05) is 6.54 Å². The maximum Gasteiger partial charge on any atom is 0.224 e. The number of nitrogens with one attached hydrogen (secondary N) is 1. The Morgan fingerprint density at radius 1 is 1.82 bits per heavy atom. The van der Waals surface area contributed by atoms with Gasteiger partial charge in [-0.15, -0.1) is 0 Å². The lowest BCUT2D eigenvalue weighted by Gasteiger charge is -2.03. The van der Waals surface area contributed by atoms with Crippen LogP contribution in [-0.2, 0) is 0 Å². The number of oxazole rings is 1. The molecule has 0 amide bonds. The minimum Gasteiger partial charge on any atom is -0.443 e. The molecule has 0 fully saturated rings. The molecule has 4 nitrogen and oxygen atoms in total. The van der Waals surface area contributed by atoms with E-state index < -0.39 is 6.10 Å². The van der Waals surface area contributed by atoms with Crippen molar-refractivity contribution < 1.29 is 9.52 Å². The highest BCUT2D eigenvalue weighted by atomic mass is 16.4. The van der Waals surface area contributed by atoms with Gasteiger partial charge in [-0.05, 0) is 14.0 Å². The number of aliphatic hydroxyl groups excluding tert-OH is 1. The van der Waals surface area contributed by atoms with Crippen molar-refractivity contribution in [3.8, 4) is 0 Å². The highest BCUT2D eigenvalue weighted by Gasteiger charge is 2.11. The van der Waals surface area contributed by atoms with Crippen molar-refractivity contribution in [2.45, 2.75) is 13.0 Å². The Morgan fingerprint density at radius 2 is 2.55 bits per heavy atom. The zero-order chi connectivity index (χ0) is 8.27. The summed E-state index contributed by atoms with van der Waals surface area (Å²) < 4.78 is 5.10. The van der Waals surface area contributed by atoms with E-state index in [1.54, 1.807) is 20.2 Å². The molecule has 0 saturated carbocycles. The maximum atomic E-state index is 9.32. The third-order valence-electron chi connectivity index (χ3n) is 1.32. The average Bonchev–Trinajstić information content (AvgIpc) is 2.36. The second-order valence-electron chi connectivity index (χ2n) is 2.38. The first kappa shape index (κ1) is 8.23. The third kappa shape index (κ3) is 2.03. The zero-order valence-electron chi connectivity index (χ0n) is 6.66. The molecule has 62 valence electrons. The molecule has 0 radical (unpaired) electrons. The third-order valence-corrected chi connectivity index (χ3v) is 1.32. The summed E-state index contributed by atoms with van der Waals surface area (Å²) in [5.41, 5.74) is 0. The molecule has 0 aromatic carbocycles. The number of aliphatic hydroxyl groups is 1. The summed E-state index contributed by atoms with van der Waals surface area (Å²) >= 11 is 0. The average molecular weight is 156 g/mol. The molecule has 0 aliphatic heterocycles. The van der Waals surface area contributed by atoms with E-state index in [1.807, 2.05) is 0 Å². The Morgan fingerprint density at radius 3 is 3.00 bits per heavy atom. The molecule has 0 aliphatic carbocycles. The molecular weight excluding hydrogens is 144 g/mol. The molecule has 1 rings (SSSR count). The lowest BCUT2D eigenvalue weighted by atomic mass is 10.3. The Balaban J connectivity index is 2.60. The topological polar surface area (TPSA) is 58.3 Å². The van der Waals surface area contributed by atoms with Crippen molar-refractivity contribution in [1.82, 2.24) is 10.3 Å². The Labute approximate surface area is 65.2 Å². The molecule has 2 N–H and O–H groups in total. The van der Waals surface area contributed by atoms with E-state index in [4.69, 9.17) is 4.42 Å². The summed E-state index contributed by atoms with van der Waals surface area (Å²) in [5, 5.41) is 12.1. The van der Waals surface area contributed by atoms with E-state index in [9.17, 15) is 5.11 Å². The maximum absolute atomic E-state index is 9.32. The van der Waals surface area contributed by atoms with Crippen LogP contribution in [0, 0.1) is 6.92 Å². The van der Waals surface area contributed by atoms with E-state index in [0.717, 1.165) is 5.76 Å². The Bertz CT molecular complexity index is 222. The van der Waals surface area contributed by atoms with E-state index in [0.29, 0.717) is 12.4 Å². The van der Waals surface area contributed by atoms with Gasteiger partial charge in [0.25, 0.3) is 0 Å². The summed E-state index contributed by atoms with van der Waals surface area (Å²) in [6, 6.07) is 0. The van der Waals surface area contributed by atoms with Crippen LogP contribution in [-0.4, -0.2) is 23.7 Å². The molecule has 1 unspecified atom stereocenters. The van der Waals surface area contributed by atoms with Crippen LogP contribution in [0.4, 0.5) is 0 Å². The number of rotatable bonds is 3. The van der Waals surface area contributed by atoms with Crippen LogP contribution in [0.15, 0.2) is 10.6 Å². The zero-order valence-corrected chi connectivity index (χ0v) is 6.66. The number of aromatic nitrogens is 1. The predicted octanol–water partition coefficient (Wildman–Crippen LogP) is 0.236. The fourth-order valence-electron chi connectivity index (χ4n) is 0.807. The second-order valence-corrected chi connectivity index (χ2v) is 2.38. The highest BCUT2D eigenvalue weighted by molar-refractivity contribution is 4.93. The van der Waals surface area contributed by atoms with Crippen LogP contribution in [0.5, 0.6) is 0 Å². The van der Waals surface area contributed by atoms with Crippen LogP contribution in [0.25, 0.3) is 0 Å². The monoisotopic (exact) mass is 156 g/mol. The molecule has 11 heavy (non-hydrogen) atoms. The molecule has 0 aliphatic rings. The van der Waals surface area contributed by atoms with Crippen molar-refractivity contribution in [2.75, 3.05) is 13.6 Å². The second kappa shape index (κ2) is 3.50. The van der Waals surface area contributed by atoms with Crippen molar-refractivity contribution in [2.24, 2.45) is 0 Å². The molecule has 1 aromatic rings. The number of likely N-dealkylation sites (N-methyl/N-ethyl adjacent to an activating group) is 1. The lowest BCUT2D eigenvalue weighted by Crippen LogP contribution is -2.16. The van der Waals surface area contributed by atoms with Gasteiger partial charge in [-0.2, -0.15) is 0 Å². The summed E-state index contributed by atoms with van der Waals surface area (Å²) in [7, 11) is 1.76. The number of aryl methyl sites for hydroxylation is 1. The molecule has 0 spiro atoms. The van der Waals surface area contributed by atoms with Crippen LogP contribution in [0.2, 0.25) is 0 Å². The first-order chi connectivity index (χ1) is 5.24. The number of hydrogen-bond acceptors (Lipinski definition) is 4. The highest BCUT2D eigenvalue weighted by Crippen LogP contribution is 2.10. The summed E-state index contributed by atoms with van der Waals surface area (Å²) in [5.74, 6) is 1.09. The van der Waals surface area contributed by atoms with Gasteiger partial charge < -0.3 is 14.8 Å². The quantitative estimate of drug-likeness (QED) is 0.658. The van der Waals surface area contributed by atoms with Crippen LogP contribution in [0.1, 0.15) is 17.8 Å². The minimum absolute atomic E-state index is 0.372. The normalized spacial score (nSPS) is 13.4. The fraction of sp³-hybridized carbons (Fsp3) is 0.571. The van der Waals surface area contributed by atoms with E-state index in [-0.39, 0.29) is 0 Å². The first-order valence-electron chi connectivity index (χ1n) is 3.49. The molecular formula is C7H12N2O2. The van der Waals surface area contributed by atoms with Crippen LogP contribution in [0.3, 0.4) is 0 Å². The smallest absolute Gasteiger partial charge is 0.224 e. The van der Waals surface area contributed by atoms with Crippen molar-refractivity contribution >= 4 is 0 Å². The SMILES string of the molecule is CNCC(O)c1ncc(C)o1. The number of nitrogens with zero attached hydrogens (tertiary/aromatic N) is 1. The molecule has 1 aromatic heterocycles. The standard InChI is InChI=1S/C7H12N2O2/c1-5-3-9-7(11-5)6(10)4-8-2/h3,6,8,10H,4H2,1-2H3. The van der Waals surface area contributed by atoms with Gasteiger partial charge in [0.1, 0.15) is 11.9 Å². The van der Waals surface area contributed by atoms with Crippen molar-refractivity contribution in [1.29, 1.82) is 0 Å². The summed E-state index contributed by atoms with van der Waals surface area (Å²) in [4.78, 5) is 3.88. The van der Waals surface area contributed by atoms with Crippen LogP contribution >= 0.6 is 0 Å². The van der Waals surface area contributed by atoms with Gasteiger partial charge in [0.05, 0.1) is 6.20 Å². The van der Waals surface area contributed by atoms with Gasteiger partial charge in [-0.1, -0.05) is 0 Å². The van der Waals surface area contributed by atoms with Crippen LogP contribution < -0.4 is 5.32 Å². The first-order valence-corrected chi connectivity index (χ1v) is 3.49. The minimum atomic E-state index is -0.645. The van der Waals surface area contributed by atoms with Gasteiger partial charge in [0.2, 0.25) is 5.89 Å². The van der Waals surface area contributed by atoms with Gasteiger partial charge in [0.15, 0.2) is 0 Å². The van der Waals surface area contributed by atoms with Gasteiger partial charge in [-0.3, -0.25) is 0 Å². The largest absolute Gasteiger partial charge is 0.443 e. The van der Waals surface area contributed by atoms with Gasteiger partial charge in [-0.25, -0.2) is 4.98 Å². The Hall–Kier alpha value is -0.870. The van der Waals surface area contributed by atoms with Crippen molar-refractivity contribution in [3.05, 3.63) is 17.8 Å². The lowest BCUT2D eigenvalue weighted by molar-refractivity contribution is 0.142.